The molecule has 2 unspecified atom stereocenters. The van der Waals surface area contributed by atoms with Crippen molar-refractivity contribution < 1.29 is 22.9 Å². The van der Waals surface area contributed by atoms with Gasteiger partial charge in [-0.3, -0.25) is 9.35 Å². The Morgan fingerprint density at radius 2 is 1.87 bits per heavy atom. The van der Waals surface area contributed by atoms with Crippen LogP contribution in [0.25, 0.3) is 0 Å². The number of carboxylic acids is 1. The zero-order valence-corrected chi connectivity index (χ0v) is 14.0. The van der Waals surface area contributed by atoms with E-state index in [0.29, 0.717) is 36.8 Å². The Labute approximate surface area is 136 Å². The van der Waals surface area contributed by atoms with Gasteiger partial charge >= 0.3 is 5.97 Å². The summed E-state index contributed by atoms with van der Waals surface area (Å²) < 4.78 is 30.3. The third-order valence-electron chi connectivity index (χ3n) is 6.21. The summed E-state index contributed by atoms with van der Waals surface area (Å²) >= 11 is 0. The van der Waals surface area contributed by atoms with E-state index in [1.54, 1.807) is 0 Å². The second-order valence-electron chi connectivity index (χ2n) is 7.77. The number of hydrogen-bond donors (Lipinski definition) is 4. The highest BCUT2D eigenvalue weighted by Gasteiger charge is 2.58. The van der Waals surface area contributed by atoms with Gasteiger partial charge in [0.05, 0.1) is 5.75 Å². The van der Waals surface area contributed by atoms with Crippen molar-refractivity contribution in [2.24, 2.45) is 28.9 Å². The minimum absolute atomic E-state index is 0.224. The van der Waals surface area contributed by atoms with Crippen LogP contribution < -0.4 is 11.1 Å². The molecule has 4 rings (SSSR count). The molecular weight excluding hydrogens is 320 g/mol. The van der Waals surface area contributed by atoms with Gasteiger partial charge in [0, 0.05) is 6.04 Å². The lowest BCUT2D eigenvalue weighted by atomic mass is 9.46. The maximum absolute atomic E-state index is 11.4. The van der Waals surface area contributed by atoms with Crippen LogP contribution in [0.1, 0.15) is 38.5 Å². The van der Waals surface area contributed by atoms with Crippen molar-refractivity contribution >= 4 is 16.1 Å². The summed E-state index contributed by atoms with van der Waals surface area (Å²) in [5.74, 6) is 0.312. The van der Waals surface area contributed by atoms with Crippen LogP contribution in [0.3, 0.4) is 0 Å². The zero-order valence-electron chi connectivity index (χ0n) is 13.1. The predicted octanol–water partition coefficient (Wildman–Crippen LogP) is 0.461. The van der Waals surface area contributed by atoms with Gasteiger partial charge in [0.25, 0.3) is 10.1 Å². The van der Waals surface area contributed by atoms with Crippen LogP contribution >= 0.6 is 0 Å². The Morgan fingerprint density at radius 1 is 1.26 bits per heavy atom. The summed E-state index contributed by atoms with van der Waals surface area (Å²) in [7, 11) is -3.90. The molecule has 132 valence electrons. The molecule has 3 atom stereocenters. The van der Waals surface area contributed by atoms with Gasteiger partial charge in [-0.25, -0.2) is 0 Å². The quantitative estimate of drug-likeness (QED) is 0.389. The van der Waals surface area contributed by atoms with Gasteiger partial charge in [0.15, 0.2) is 0 Å². The average molecular weight is 346 g/mol. The first-order valence-electron chi connectivity index (χ1n) is 8.37. The van der Waals surface area contributed by atoms with E-state index < -0.39 is 22.1 Å². The predicted molar refractivity (Wildman–Crippen MR) is 84.4 cm³/mol. The molecule has 8 heteroatoms. The van der Waals surface area contributed by atoms with E-state index in [9.17, 15) is 18.3 Å². The fourth-order valence-corrected chi connectivity index (χ4v) is 6.10. The second kappa shape index (κ2) is 5.98. The van der Waals surface area contributed by atoms with E-state index >= 15 is 0 Å². The molecule has 5 N–H and O–H groups in total. The van der Waals surface area contributed by atoms with E-state index in [1.165, 1.54) is 0 Å². The lowest BCUT2D eigenvalue weighted by molar-refractivity contribution is -0.151. The molecule has 0 spiro atoms. The van der Waals surface area contributed by atoms with Crippen LogP contribution in [0.15, 0.2) is 0 Å². The highest BCUT2D eigenvalue weighted by Crippen LogP contribution is 2.61. The Hall–Kier alpha value is -0.700. The molecule has 4 aliphatic carbocycles. The van der Waals surface area contributed by atoms with Crippen LogP contribution in [-0.2, 0) is 14.9 Å². The monoisotopic (exact) mass is 346 g/mol. The maximum Gasteiger partial charge on any atom is 0.321 e. The smallest absolute Gasteiger partial charge is 0.321 e. The van der Waals surface area contributed by atoms with E-state index in [1.807, 2.05) is 0 Å². The van der Waals surface area contributed by atoms with Crippen molar-refractivity contribution in [3.05, 3.63) is 0 Å². The van der Waals surface area contributed by atoms with Crippen molar-refractivity contribution in [1.29, 1.82) is 0 Å². The minimum atomic E-state index is -3.90. The summed E-state index contributed by atoms with van der Waals surface area (Å²) in [5, 5.41) is 12.8. The molecule has 0 radical (unpaired) electrons. The third kappa shape index (κ3) is 3.40. The van der Waals surface area contributed by atoms with Gasteiger partial charge in [-0.05, 0) is 68.2 Å². The molecule has 0 saturated heterocycles. The minimum Gasteiger partial charge on any atom is -0.480 e. The van der Waals surface area contributed by atoms with Crippen LogP contribution in [0.4, 0.5) is 0 Å². The van der Waals surface area contributed by atoms with Crippen LogP contribution in [0.2, 0.25) is 0 Å². The topological polar surface area (TPSA) is 130 Å². The molecule has 4 aliphatic rings. The molecule has 0 heterocycles. The molecule has 0 aromatic heterocycles. The zero-order chi connectivity index (χ0) is 16.8. The van der Waals surface area contributed by atoms with Crippen LogP contribution in [0, 0.1) is 23.2 Å². The van der Waals surface area contributed by atoms with Crippen LogP contribution in [-0.4, -0.2) is 48.4 Å². The Kier molecular flexibility index (Phi) is 4.46. The number of nitrogens with two attached hydrogens (primary N) is 1. The molecule has 23 heavy (non-hydrogen) atoms. The molecule has 7 nitrogen and oxygen atoms in total. The van der Waals surface area contributed by atoms with Gasteiger partial charge < -0.3 is 16.2 Å². The fourth-order valence-electron chi connectivity index (χ4n) is 5.59. The van der Waals surface area contributed by atoms with Crippen LogP contribution in [0.5, 0.6) is 0 Å². The van der Waals surface area contributed by atoms with E-state index in [0.717, 1.165) is 32.1 Å². The largest absolute Gasteiger partial charge is 0.480 e. The standard InChI is InChI=1S/C15H26N2O5S/c16-13(14(18)19)15-6-9-4-10(7-15)12(11(5-9)8-15)17-2-1-3-23(20,21)22/h9-13,17H,1-8,16H2,(H,18,19)(H,20,21,22)/t9?,10?,11?,12?,13-,15?/m0/s1. The lowest BCUT2D eigenvalue weighted by Crippen LogP contribution is -2.63. The molecule has 4 fully saturated rings. The summed E-state index contributed by atoms with van der Waals surface area (Å²) in [6.07, 6.45) is 5.24. The molecule has 0 amide bonds. The first kappa shape index (κ1) is 17.1. The van der Waals surface area contributed by atoms with Crippen molar-refractivity contribution in [3.8, 4) is 0 Å². The maximum atomic E-state index is 11.4. The van der Waals surface area contributed by atoms with E-state index in [-0.39, 0.29) is 11.2 Å². The Balaban J connectivity index is 1.62. The highest BCUT2D eigenvalue weighted by molar-refractivity contribution is 7.85. The second-order valence-corrected chi connectivity index (χ2v) is 9.34. The molecule has 0 aliphatic heterocycles. The average Bonchev–Trinajstić information content (AvgIpc) is 2.43. The first-order chi connectivity index (χ1) is 10.7. The third-order valence-corrected chi connectivity index (χ3v) is 7.01. The first-order valence-corrected chi connectivity index (χ1v) is 9.98. The van der Waals surface area contributed by atoms with Crippen molar-refractivity contribution in [2.75, 3.05) is 12.3 Å². The number of nitrogens with one attached hydrogen (secondary N) is 1. The summed E-state index contributed by atoms with van der Waals surface area (Å²) in [6.45, 7) is 0.556. The summed E-state index contributed by atoms with van der Waals surface area (Å²) in [4.78, 5) is 11.4. The number of carbonyl (C=O) groups is 1. The number of carboxylic acid groups (broad SMARTS) is 1. The molecule has 0 aromatic carbocycles. The molecular formula is C15H26N2O5S. The SMILES string of the molecule is N[C@@H](C(=O)O)C12CC3CC(C1)C(NCCCS(=O)(=O)O)C(C3)C2. The fraction of sp³-hybridized carbons (Fsp3) is 0.933. The van der Waals surface area contributed by atoms with Crippen molar-refractivity contribution in [2.45, 2.75) is 50.6 Å². The van der Waals surface area contributed by atoms with Gasteiger partial charge in [-0.1, -0.05) is 0 Å². The number of hydrogen-bond acceptors (Lipinski definition) is 5. The van der Waals surface area contributed by atoms with E-state index in [2.05, 4.69) is 5.32 Å². The number of aliphatic carboxylic acids is 1. The summed E-state index contributed by atoms with van der Waals surface area (Å²) in [5.41, 5.74) is 5.76. The van der Waals surface area contributed by atoms with Gasteiger partial charge in [0.2, 0.25) is 0 Å². The Morgan fingerprint density at radius 3 is 2.39 bits per heavy atom. The van der Waals surface area contributed by atoms with Crippen molar-refractivity contribution in [1.82, 2.24) is 5.32 Å². The summed E-state index contributed by atoms with van der Waals surface area (Å²) in [6, 6.07) is -0.460. The molecule has 4 bridgehead atoms. The van der Waals surface area contributed by atoms with Gasteiger partial charge in [0.1, 0.15) is 6.04 Å². The van der Waals surface area contributed by atoms with E-state index in [4.69, 9.17) is 10.3 Å². The number of rotatable bonds is 7. The lowest BCUT2D eigenvalue weighted by Gasteiger charge is -2.61. The normalized spacial score (nSPS) is 40.3. The highest BCUT2D eigenvalue weighted by atomic mass is 32.2. The molecule has 0 aromatic rings. The molecule has 4 saturated carbocycles. The van der Waals surface area contributed by atoms with Gasteiger partial charge in [-0.15, -0.1) is 0 Å². The van der Waals surface area contributed by atoms with Gasteiger partial charge in [-0.2, -0.15) is 8.42 Å². The Bertz CT molecular complexity index is 562. The van der Waals surface area contributed by atoms with Crippen molar-refractivity contribution in [3.63, 3.8) is 0 Å².